The maximum atomic E-state index is 12.8. The zero-order valence-electron chi connectivity index (χ0n) is 15.1. The Morgan fingerprint density at radius 2 is 1.63 bits per heavy atom. The van der Waals surface area contributed by atoms with Crippen LogP contribution in [-0.2, 0) is 15.1 Å². The maximum absolute atomic E-state index is 12.8. The van der Waals surface area contributed by atoms with Crippen LogP contribution < -0.4 is 5.32 Å². The Kier molecular flexibility index (Phi) is 5.91. The van der Waals surface area contributed by atoms with E-state index in [-0.39, 0.29) is 11.1 Å². The molecule has 2 aromatic rings. The third-order valence-electron chi connectivity index (χ3n) is 4.59. The Hall–Kier alpha value is -2.86. The van der Waals surface area contributed by atoms with Crippen molar-refractivity contribution < 1.29 is 24.6 Å². The lowest BCUT2D eigenvalue weighted by Gasteiger charge is -2.35. The van der Waals surface area contributed by atoms with Gasteiger partial charge < -0.3 is 15.5 Å². The fourth-order valence-electron chi connectivity index (χ4n) is 2.96. The number of hydrogen-bond donors (Lipinski definition) is 3. The number of amides is 1. The number of carboxylic acid groups (broad SMARTS) is 2. The van der Waals surface area contributed by atoms with Gasteiger partial charge in [0, 0.05) is 10.6 Å². The molecule has 2 aromatic carbocycles. The molecule has 0 aliphatic carbocycles. The van der Waals surface area contributed by atoms with Crippen LogP contribution in [0.4, 0.5) is 0 Å². The second-order valence-corrected chi connectivity index (χ2v) is 6.89. The standard InChI is InChI=1S/C20H20ClNO5/c1-11-4-5-12(2)16(10-11)20(19(26)27,13(3)18(24)25)22-17(23)14-6-8-15(21)9-7-14/h4-10,13H,1-3H3,(H,22,23)(H,24,25)(H,26,27)/t13?,20-/m1/s1. The van der Waals surface area contributed by atoms with E-state index >= 15 is 0 Å². The van der Waals surface area contributed by atoms with Gasteiger partial charge >= 0.3 is 11.9 Å². The van der Waals surface area contributed by atoms with E-state index in [9.17, 15) is 24.6 Å². The first-order valence-corrected chi connectivity index (χ1v) is 8.59. The summed E-state index contributed by atoms with van der Waals surface area (Å²) in [4.78, 5) is 36.9. The highest BCUT2D eigenvalue weighted by molar-refractivity contribution is 6.30. The molecule has 0 bridgehead atoms. The summed E-state index contributed by atoms with van der Waals surface area (Å²) in [5.41, 5.74) is -0.425. The average Bonchev–Trinajstić information content (AvgIpc) is 2.61. The molecule has 7 heteroatoms. The highest BCUT2D eigenvalue weighted by Gasteiger charge is 2.51. The summed E-state index contributed by atoms with van der Waals surface area (Å²) in [6, 6.07) is 11.0. The molecule has 0 aliphatic heterocycles. The van der Waals surface area contributed by atoms with Crippen LogP contribution in [0.2, 0.25) is 5.02 Å². The van der Waals surface area contributed by atoms with Crippen molar-refractivity contribution in [1.29, 1.82) is 0 Å². The summed E-state index contributed by atoms with van der Waals surface area (Å²) in [6.07, 6.45) is 0. The molecule has 2 rings (SSSR count). The SMILES string of the molecule is Cc1ccc(C)c([C@@](NC(=O)c2ccc(Cl)cc2)(C(=O)O)C(C)C(=O)O)c1. The van der Waals surface area contributed by atoms with E-state index in [1.807, 2.05) is 0 Å². The van der Waals surface area contributed by atoms with E-state index in [1.54, 1.807) is 32.0 Å². The largest absolute Gasteiger partial charge is 0.481 e. The molecular formula is C20H20ClNO5. The van der Waals surface area contributed by atoms with Crippen LogP contribution in [0.3, 0.4) is 0 Å². The number of hydrogen-bond acceptors (Lipinski definition) is 3. The van der Waals surface area contributed by atoms with Gasteiger partial charge in [0.2, 0.25) is 0 Å². The summed E-state index contributed by atoms with van der Waals surface area (Å²) in [6.45, 7) is 4.71. The molecule has 3 N–H and O–H groups in total. The topological polar surface area (TPSA) is 104 Å². The van der Waals surface area contributed by atoms with Crippen molar-refractivity contribution in [3.8, 4) is 0 Å². The van der Waals surface area contributed by atoms with Crippen LogP contribution in [0.25, 0.3) is 0 Å². The van der Waals surface area contributed by atoms with Gasteiger partial charge in [0.1, 0.15) is 0 Å². The lowest BCUT2D eigenvalue weighted by molar-refractivity contribution is -0.156. The van der Waals surface area contributed by atoms with Gasteiger partial charge in [0.25, 0.3) is 5.91 Å². The van der Waals surface area contributed by atoms with Gasteiger partial charge in [-0.1, -0.05) is 35.4 Å². The van der Waals surface area contributed by atoms with Gasteiger partial charge in [-0.15, -0.1) is 0 Å². The minimum absolute atomic E-state index is 0.174. The van der Waals surface area contributed by atoms with Crippen molar-refractivity contribution >= 4 is 29.4 Å². The first-order valence-electron chi connectivity index (χ1n) is 8.21. The van der Waals surface area contributed by atoms with Crippen LogP contribution in [0, 0.1) is 19.8 Å². The molecule has 0 saturated heterocycles. The van der Waals surface area contributed by atoms with Crippen molar-refractivity contribution in [3.63, 3.8) is 0 Å². The quantitative estimate of drug-likeness (QED) is 0.702. The molecule has 0 saturated carbocycles. The molecule has 6 nitrogen and oxygen atoms in total. The normalized spacial score (nSPS) is 14.1. The Morgan fingerprint density at radius 1 is 1.04 bits per heavy atom. The minimum Gasteiger partial charge on any atom is -0.481 e. The smallest absolute Gasteiger partial charge is 0.335 e. The van der Waals surface area contributed by atoms with E-state index < -0.39 is 29.3 Å². The van der Waals surface area contributed by atoms with E-state index in [2.05, 4.69) is 5.32 Å². The molecule has 0 aromatic heterocycles. The van der Waals surface area contributed by atoms with Crippen molar-refractivity contribution in [2.75, 3.05) is 0 Å². The zero-order chi connectivity index (χ0) is 20.4. The van der Waals surface area contributed by atoms with Crippen LogP contribution >= 0.6 is 11.6 Å². The van der Waals surface area contributed by atoms with Crippen molar-refractivity contribution in [3.05, 3.63) is 69.7 Å². The van der Waals surface area contributed by atoms with Crippen molar-refractivity contribution in [2.24, 2.45) is 5.92 Å². The second-order valence-electron chi connectivity index (χ2n) is 6.45. The van der Waals surface area contributed by atoms with Gasteiger partial charge in [-0.2, -0.15) is 0 Å². The molecule has 0 spiro atoms. The number of aryl methyl sites for hydroxylation is 2. The predicted octanol–water partition coefficient (Wildman–Crippen LogP) is 3.39. The number of nitrogens with one attached hydrogen (secondary N) is 1. The van der Waals surface area contributed by atoms with Gasteiger partial charge in [-0.05, 0) is 56.2 Å². The number of aliphatic carboxylic acids is 2. The van der Waals surface area contributed by atoms with Crippen LogP contribution in [-0.4, -0.2) is 28.1 Å². The summed E-state index contributed by atoms with van der Waals surface area (Å²) >= 11 is 5.82. The molecule has 1 amide bonds. The fourth-order valence-corrected chi connectivity index (χ4v) is 3.09. The van der Waals surface area contributed by atoms with E-state index in [0.717, 1.165) is 5.56 Å². The Balaban J connectivity index is 2.66. The highest BCUT2D eigenvalue weighted by atomic mass is 35.5. The molecule has 0 heterocycles. The Labute approximate surface area is 161 Å². The summed E-state index contributed by atoms with van der Waals surface area (Å²) in [7, 11) is 0. The monoisotopic (exact) mass is 389 g/mol. The second kappa shape index (κ2) is 7.80. The first kappa shape index (κ1) is 20.5. The molecule has 0 fully saturated rings. The van der Waals surface area contributed by atoms with Crippen LogP contribution in [0.5, 0.6) is 0 Å². The Bertz CT molecular complexity index is 894. The average molecular weight is 390 g/mol. The summed E-state index contributed by atoms with van der Waals surface area (Å²) in [5.74, 6) is -4.92. The van der Waals surface area contributed by atoms with Crippen molar-refractivity contribution in [2.45, 2.75) is 26.3 Å². The number of halogens is 1. The van der Waals surface area contributed by atoms with Crippen LogP contribution in [0.1, 0.15) is 34.0 Å². The zero-order valence-corrected chi connectivity index (χ0v) is 15.9. The first-order chi connectivity index (χ1) is 12.6. The molecule has 2 atom stereocenters. The molecule has 0 aliphatic rings. The number of rotatable bonds is 6. The minimum atomic E-state index is -2.14. The fraction of sp³-hybridized carbons (Fsp3) is 0.250. The van der Waals surface area contributed by atoms with Crippen molar-refractivity contribution in [1.82, 2.24) is 5.32 Å². The van der Waals surface area contributed by atoms with Gasteiger partial charge in [0.05, 0.1) is 5.92 Å². The number of carbonyl (C=O) groups is 3. The van der Waals surface area contributed by atoms with E-state index in [4.69, 9.17) is 11.6 Å². The third-order valence-corrected chi connectivity index (χ3v) is 4.84. The predicted molar refractivity (Wildman–Crippen MR) is 101 cm³/mol. The maximum Gasteiger partial charge on any atom is 0.335 e. The van der Waals surface area contributed by atoms with Gasteiger partial charge in [0.15, 0.2) is 5.54 Å². The molecule has 27 heavy (non-hydrogen) atoms. The summed E-state index contributed by atoms with van der Waals surface area (Å²) in [5, 5.41) is 22.5. The third kappa shape index (κ3) is 3.95. The number of benzene rings is 2. The number of carboxylic acids is 2. The van der Waals surface area contributed by atoms with E-state index in [0.29, 0.717) is 10.6 Å². The molecular weight excluding hydrogens is 370 g/mol. The lowest BCUT2D eigenvalue weighted by Crippen LogP contribution is -2.58. The van der Waals surface area contributed by atoms with Gasteiger partial charge in [-0.25, -0.2) is 4.79 Å². The lowest BCUT2D eigenvalue weighted by atomic mass is 9.76. The summed E-state index contributed by atoms with van der Waals surface area (Å²) < 4.78 is 0. The molecule has 0 radical (unpaired) electrons. The Morgan fingerprint density at radius 3 is 2.15 bits per heavy atom. The molecule has 1 unspecified atom stereocenters. The van der Waals surface area contributed by atoms with E-state index in [1.165, 1.54) is 31.2 Å². The van der Waals surface area contributed by atoms with Gasteiger partial charge in [-0.3, -0.25) is 9.59 Å². The highest BCUT2D eigenvalue weighted by Crippen LogP contribution is 2.34. The molecule has 142 valence electrons. The van der Waals surface area contributed by atoms with Crippen LogP contribution in [0.15, 0.2) is 42.5 Å². The number of carbonyl (C=O) groups excluding carboxylic acids is 1.